The van der Waals surface area contributed by atoms with Gasteiger partial charge in [0, 0.05) is 18.5 Å². The van der Waals surface area contributed by atoms with Crippen LogP contribution in [0.4, 0.5) is 5.69 Å². The first-order valence-electron chi connectivity index (χ1n) is 7.28. The van der Waals surface area contributed by atoms with Gasteiger partial charge < -0.3 is 14.4 Å². The fourth-order valence-corrected chi connectivity index (χ4v) is 2.98. The molecular formula is C18H19NO3. The van der Waals surface area contributed by atoms with Crippen molar-refractivity contribution in [1.82, 2.24) is 0 Å². The summed E-state index contributed by atoms with van der Waals surface area (Å²) in [5, 5.41) is 0. The van der Waals surface area contributed by atoms with E-state index in [1.807, 2.05) is 30.3 Å². The van der Waals surface area contributed by atoms with Crippen molar-refractivity contribution in [2.75, 3.05) is 25.7 Å². The lowest BCUT2D eigenvalue weighted by atomic mass is 9.87. The minimum atomic E-state index is 0.289. The van der Waals surface area contributed by atoms with Gasteiger partial charge in [0.05, 0.1) is 19.9 Å². The predicted molar refractivity (Wildman–Crippen MR) is 85.8 cm³/mol. The van der Waals surface area contributed by atoms with E-state index in [4.69, 9.17) is 9.47 Å². The average Bonchev–Trinajstić information content (AvgIpc) is 2.60. The monoisotopic (exact) mass is 297 g/mol. The fraction of sp³-hybridized carbons (Fsp3) is 0.278. The number of ether oxygens (including phenoxy) is 2. The van der Waals surface area contributed by atoms with E-state index in [1.165, 1.54) is 11.1 Å². The van der Waals surface area contributed by atoms with E-state index >= 15 is 0 Å². The van der Waals surface area contributed by atoms with Crippen LogP contribution in [-0.4, -0.2) is 27.2 Å². The summed E-state index contributed by atoms with van der Waals surface area (Å²) >= 11 is 0. The van der Waals surface area contributed by atoms with Crippen LogP contribution in [0.25, 0.3) is 0 Å². The maximum Gasteiger partial charge on any atom is 0.214 e. The first-order valence-corrected chi connectivity index (χ1v) is 7.28. The number of amides is 1. The average molecular weight is 297 g/mol. The van der Waals surface area contributed by atoms with Crippen LogP contribution in [0.2, 0.25) is 0 Å². The summed E-state index contributed by atoms with van der Waals surface area (Å²) in [6, 6.07) is 14.0. The zero-order valence-corrected chi connectivity index (χ0v) is 12.8. The lowest BCUT2D eigenvalue weighted by Crippen LogP contribution is -2.33. The maximum absolute atomic E-state index is 11.5. The zero-order valence-electron chi connectivity index (χ0n) is 12.8. The second-order valence-corrected chi connectivity index (χ2v) is 5.43. The SMILES string of the molecule is COc1ccc(C2Cc3ccc(OC)cc3N(C=O)C2)cc1. The highest BCUT2D eigenvalue weighted by atomic mass is 16.5. The van der Waals surface area contributed by atoms with Gasteiger partial charge in [-0.25, -0.2) is 0 Å². The predicted octanol–water partition coefficient (Wildman–Crippen LogP) is 3.01. The van der Waals surface area contributed by atoms with Crippen molar-refractivity contribution in [3.8, 4) is 11.5 Å². The highest BCUT2D eigenvalue weighted by Crippen LogP contribution is 2.36. The Morgan fingerprint density at radius 3 is 2.36 bits per heavy atom. The van der Waals surface area contributed by atoms with E-state index in [0.717, 1.165) is 30.0 Å². The van der Waals surface area contributed by atoms with Gasteiger partial charge in [-0.3, -0.25) is 4.79 Å². The molecule has 0 aromatic heterocycles. The van der Waals surface area contributed by atoms with Crippen LogP contribution in [0.15, 0.2) is 42.5 Å². The van der Waals surface area contributed by atoms with Crippen molar-refractivity contribution < 1.29 is 14.3 Å². The van der Waals surface area contributed by atoms with Gasteiger partial charge in [-0.05, 0) is 35.7 Å². The van der Waals surface area contributed by atoms with Crippen LogP contribution in [0.3, 0.4) is 0 Å². The van der Waals surface area contributed by atoms with Crippen LogP contribution < -0.4 is 14.4 Å². The molecule has 3 rings (SSSR count). The van der Waals surface area contributed by atoms with Crippen molar-refractivity contribution in [2.45, 2.75) is 12.3 Å². The summed E-state index contributed by atoms with van der Waals surface area (Å²) in [7, 11) is 3.29. The summed E-state index contributed by atoms with van der Waals surface area (Å²) in [5.74, 6) is 1.91. The Hall–Kier alpha value is -2.49. The number of fused-ring (bicyclic) bond motifs is 1. The molecule has 4 nitrogen and oxygen atoms in total. The first-order chi connectivity index (χ1) is 10.7. The third-order valence-corrected chi connectivity index (χ3v) is 4.20. The number of rotatable bonds is 4. The molecule has 0 aliphatic carbocycles. The van der Waals surface area contributed by atoms with Gasteiger partial charge in [-0.2, -0.15) is 0 Å². The van der Waals surface area contributed by atoms with Crippen molar-refractivity contribution in [3.63, 3.8) is 0 Å². The van der Waals surface area contributed by atoms with Gasteiger partial charge in [0.15, 0.2) is 0 Å². The van der Waals surface area contributed by atoms with Crippen LogP contribution in [-0.2, 0) is 11.2 Å². The highest BCUT2D eigenvalue weighted by molar-refractivity contribution is 5.79. The Labute approximate surface area is 130 Å². The molecule has 0 saturated carbocycles. The molecule has 0 radical (unpaired) electrons. The number of nitrogens with zero attached hydrogens (tertiary/aromatic N) is 1. The molecule has 0 bridgehead atoms. The van der Waals surface area contributed by atoms with E-state index in [2.05, 4.69) is 12.1 Å². The van der Waals surface area contributed by atoms with E-state index in [9.17, 15) is 4.79 Å². The largest absolute Gasteiger partial charge is 0.497 e. The summed E-state index contributed by atoms with van der Waals surface area (Å²) < 4.78 is 10.5. The quantitative estimate of drug-likeness (QED) is 0.814. The number of carbonyl (C=O) groups is 1. The summed E-state index contributed by atoms with van der Waals surface area (Å²) in [4.78, 5) is 13.2. The zero-order chi connectivity index (χ0) is 15.5. The van der Waals surface area contributed by atoms with Crippen molar-refractivity contribution in [3.05, 3.63) is 53.6 Å². The van der Waals surface area contributed by atoms with Crippen LogP contribution in [0.1, 0.15) is 17.0 Å². The van der Waals surface area contributed by atoms with Crippen molar-refractivity contribution in [1.29, 1.82) is 0 Å². The fourth-order valence-electron chi connectivity index (χ4n) is 2.98. The Morgan fingerprint density at radius 2 is 1.73 bits per heavy atom. The smallest absolute Gasteiger partial charge is 0.214 e. The molecular weight excluding hydrogens is 278 g/mol. The minimum absolute atomic E-state index is 0.289. The number of carbonyl (C=O) groups excluding carboxylic acids is 1. The molecule has 1 aliphatic heterocycles. The number of methoxy groups -OCH3 is 2. The number of anilines is 1. The highest BCUT2D eigenvalue weighted by Gasteiger charge is 2.25. The lowest BCUT2D eigenvalue weighted by Gasteiger charge is -2.32. The minimum Gasteiger partial charge on any atom is -0.497 e. The molecule has 114 valence electrons. The van der Waals surface area contributed by atoms with Crippen LogP contribution >= 0.6 is 0 Å². The van der Waals surface area contributed by atoms with Gasteiger partial charge in [0.2, 0.25) is 6.41 Å². The molecule has 1 aliphatic rings. The Bertz CT molecular complexity index is 667. The number of hydrogen-bond donors (Lipinski definition) is 0. The maximum atomic E-state index is 11.5. The molecule has 0 spiro atoms. The van der Waals surface area contributed by atoms with Gasteiger partial charge in [-0.1, -0.05) is 18.2 Å². The first kappa shape index (κ1) is 14.4. The topological polar surface area (TPSA) is 38.8 Å². The van der Waals surface area contributed by atoms with Gasteiger partial charge in [-0.15, -0.1) is 0 Å². The van der Waals surface area contributed by atoms with Crippen LogP contribution in [0, 0.1) is 0 Å². The lowest BCUT2D eigenvalue weighted by molar-refractivity contribution is -0.107. The Morgan fingerprint density at radius 1 is 1.05 bits per heavy atom. The van der Waals surface area contributed by atoms with Gasteiger partial charge in [0.1, 0.15) is 11.5 Å². The molecule has 1 atom stereocenters. The molecule has 4 heteroatoms. The number of benzene rings is 2. The standard InChI is InChI=1S/C18H19NO3/c1-21-16-6-3-13(4-7-16)15-9-14-5-8-17(22-2)10-18(14)19(11-15)12-20/h3-8,10,12,15H,9,11H2,1-2H3. The normalized spacial score (nSPS) is 16.8. The van der Waals surface area contributed by atoms with Gasteiger partial charge >= 0.3 is 0 Å². The molecule has 0 fully saturated rings. The van der Waals surface area contributed by atoms with E-state index in [-0.39, 0.29) is 5.92 Å². The molecule has 1 heterocycles. The van der Waals surface area contributed by atoms with Crippen molar-refractivity contribution >= 4 is 12.1 Å². The summed E-state index contributed by atoms with van der Waals surface area (Å²) in [5.41, 5.74) is 3.33. The van der Waals surface area contributed by atoms with E-state index in [0.29, 0.717) is 6.54 Å². The summed E-state index contributed by atoms with van der Waals surface area (Å²) in [6.45, 7) is 0.677. The molecule has 1 amide bonds. The second-order valence-electron chi connectivity index (χ2n) is 5.43. The molecule has 0 saturated heterocycles. The Kier molecular flexibility index (Phi) is 4.00. The van der Waals surface area contributed by atoms with E-state index in [1.54, 1.807) is 19.1 Å². The van der Waals surface area contributed by atoms with Crippen LogP contribution in [0.5, 0.6) is 11.5 Å². The molecule has 2 aromatic rings. The molecule has 0 N–H and O–H groups in total. The second kappa shape index (κ2) is 6.10. The molecule has 2 aromatic carbocycles. The number of hydrogen-bond acceptors (Lipinski definition) is 3. The summed E-state index contributed by atoms with van der Waals surface area (Å²) in [6.07, 6.45) is 1.81. The van der Waals surface area contributed by atoms with Crippen molar-refractivity contribution in [2.24, 2.45) is 0 Å². The third kappa shape index (κ3) is 2.64. The van der Waals surface area contributed by atoms with Gasteiger partial charge in [0.25, 0.3) is 0 Å². The van der Waals surface area contributed by atoms with E-state index < -0.39 is 0 Å². The Balaban J connectivity index is 1.91. The molecule has 1 unspecified atom stereocenters. The molecule has 22 heavy (non-hydrogen) atoms. The third-order valence-electron chi connectivity index (χ3n) is 4.20.